The summed E-state index contributed by atoms with van der Waals surface area (Å²) in [6, 6.07) is 4.83. The van der Waals surface area contributed by atoms with Crippen molar-refractivity contribution in [1.29, 1.82) is 0 Å². The number of piperazine rings is 1. The van der Waals surface area contributed by atoms with E-state index in [4.69, 9.17) is 5.21 Å². The van der Waals surface area contributed by atoms with Crippen LogP contribution >= 0.6 is 0 Å². The lowest BCUT2D eigenvalue weighted by molar-refractivity contribution is 0.0885. The predicted molar refractivity (Wildman–Crippen MR) is 71.1 cm³/mol. The Bertz CT molecular complexity index is 476. The smallest absolute Gasteiger partial charge is 0.409 e. The number of hydrogen-bond acceptors (Lipinski definition) is 5. The fraction of sp³-hybridized carbons (Fsp3) is 0.462. The van der Waals surface area contributed by atoms with Gasteiger partial charge in [-0.15, -0.1) is 0 Å². The van der Waals surface area contributed by atoms with Crippen LogP contribution in [-0.2, 0) is 11.3 Å². The van der Waals surface area contributed by atoms with E-state index in [0.29, 0.717) is 38.3 Å². The molecule has 0 unspecified atom stereocenters. The molecule has 6 nitrogen and oxygen atoms in total. The summed E-state index contributed by atoms with van der Waals surface area (Å²) >= 11 is 0. The zero-order chi connectivity index (χ0) is 14.5. The molecule has 1 fully saturated rings. The zero-order valence-electron chi connectivity index (χ0n) is 11.3. The third kappa shape index (κ3) is 3.17. The van der Waals surface area contributed by atoms with Gasteiger partial charge in [-0.25, -0.2) is 9.18 Å². The molecule has 1 aromatic carbocycles. The summed E-state index contributed by atoms with van der Waals surface area (Å²) in [5.74, 6) is -0.453. The molecule has 0 saturated carbocycles. The first-order valence-corrected chi connectivity index (χ1v) is 6.38. The van der Waals surface area contributed by atoms with Crippen LogP contribution < -0.4 is 5.48 Å². The van der Waals surface area contributed by atoms with Crippen molar-refractivity contribution in [2.75, 3.05) is 38.8 Å². The number of nitrogens with zero attached hydrogens (tertiary/aromatic N) is 2. The molecule has 1 saturated heterocycles. The molecule has 2 rings (SSSR count). The molecule has 1 aliphatic rings. The van der Waals surface area contributed by atoms with Crippen LogP contribution in [0.4, 0.5) is 14.9 Å². The zero-order valence-corrected chi connectivity index (χ0v) is 11.3. The molecule has 1 aliphatic heterocycles. The molecule has 0 bridgehead atoms. The summed E-state index contributed by atoms with van der Waals surface area (Å²) in [6.45, 7) is 2.88. The molecule has 0 atom stereocenters. The highest BCUT2D eigenvalue weighted by atomic mass is 19.1. The van der Waals surface area contributed by atoms with Gasteiger partial charge in [0.05, 0.1) is 12.8 Å². The Balaban J connectivity index is 1.94. The van der Waals surface area contributed by atoms with E-state index in [1.54, 1.807) is 17.0 Å². The van der Waals surface area contributed by atoms with Gasteiger partial charge in [0.2, 0.25) is 0 Å². The minimum atomic E-state index is -0.453. The molecule has 0 aromatic heterocycles. The number of benzene rings is 1. The van der Waals surface area contributed by atoms with Crippen molar-refractivity contribution in [3.63, 3.8) is 0 Å². The van der Waals surface area contributed by atoms with E-state index in [-0.39, 0.29) is 11.8 Å². The predicted octanol–water partition coefficient (Wildman–Crippen LogP) is 1.51. The van der Waals surface area contributed by atoms with Crippen LogP contribution in [0.1, 0.15) is 5.56 Å². The van der Waals surface area contributed by atoms with Gasteiger partial charge >= 0.3 is 6.09 Å². The van der Waals surface area contributed by atoms with Crippen molar-refractivity contribution >= 4 is 11.8 Å². The number of methoxy groups -OCH3 is 1. The van der Waals surface area contributed by atoms with Crippen molar-refractivity contribution in [2.24, 2.45) is 0 Å². The monoisotopic (exact) mass is 283 g/mol. The number of rotatable bonds is 3. The van der Waals surface area contributed by atoms with Gasteiger partial charge in [-0.1, -0.05) is 12.1 Å². The number of halogens is 1. The quantitative estimate of drug-likeness (QED) is 0.823. The van der Waals surface area contributed by atoms with Crippen LogP contribution in [0, 0.1) is 5.82 Å². The van der Waals surface area contributed by atoms with Gasteiger partial charge in [0, 0.05) is 38.3 Å². The molecule has 1 heterocycles. The largest absolute Gasteiger partial charge is 0.453 e. The molecule has 110 valence electrons. The Hall–Kier alpha value is -1.86. The topological polar surface area (TPSA) is 65.0 Å². The Labute approximate surface area is 116 Å². The summed E-state index contributed by atoms with van der Waals surface area (Å²) in [5.41, 5.74) is 2.41. The second kappa shape index (κ2) is 6.53. The van der Waals surface area contributed by atoms with Crippen LogP contribution in [0.2, 0.25) is 0 Å². The van der Waals surface area contributed by atoms with Crippen molar-refractivity contribution in [3.05, 3.63) is 29.6 Å². The third-order valence-corrected chi connectivity index (χ3v) is 3.40. The van der Waals surface area contributed by atoms with E-state index in [1.807, 2.05) is 5.48 Å². The Morgan fingerprint density at radius 1 is 1.40 bits per heavy atom. The van der Waals surface area contributed by atoms with Gasteiger partial charge in [0.1, 0.15) is 0 Å². The van der Waals surface area contributed by atoms with E-state index in [0.717, 1.165) is 0 Å². The van der Waals surface area contributed by atoms with Crippen molar-refractivity contribution < 1.29 is 19.1 Å². The third-order valence-electron chi connectivity index (χ3n) is 3.40. The van der Waals surface area contributed by atoms with Gasteiger partial charge in [0.25, 0.3) is 0 Å². The number of ether oxygens (including phenoxy) is 1. The average molecular weight is 283 g/mol. The van der Waals surface area contributed by atoms with E-state index < -0.39 is 5.82 Å². The number of amides is 1. The maximum atomic E-state index is 14.0. The summed E-state index contributed by atoms with van der Waals surface area (Å²) in [5, 5.41) is 8.81. The van der Waals surface area contributed by atoms with Crippen LogP contribution in [0.15, 0.2) is 18.2 Å². The SMILES string of the molecule is COC(=O)N1CCN(Cc2cccc(NO)c2F)CC1. The lowest BCUT2D eigenvalue weighted by Crippen LogP contribution is -2.48. The number of anilines is 1. The second-order valence-corrected chi connectivity index (χ2v) is 4.62. The lowest BCUT2D eigenvalue weighted by atomic mass is 10.1. The highest BCUT2D eigenvalue weighted by Gasteiger charge is 2.22. The molecule has 1 aromatic rings. The normalized spacial score (nSPS) is 16.1. The first-order valence-electron chi connectivity index (χ1n) is 6.38. The summed E-state index contributed by atoms with van der Waals surface area (Å²) in [4.78, 5) is 15.0. The Kier molecular flexibility index (Phi) is 4.75. The van der Waals surface area contributed by atoms with Gasteiger partial charge in [-0.05, 0) is 6.07 Å². The van der Waals surface area contributed by atoms with Crippen molar-refractivity contribution in [2.45, 2.75) is 6.54 Å². The summed E-state index contributed by atoms with van der Waals surface area (Å²) < 4.78 is 18.6. The van der Waals surface area contributed by atoms with Gasteiger partial charge in [0.15, 0.2) is 5.82 Å². The first-order chi connectivity index (χ1) is 9.65. The molecule has 0 spiro atoms. The summed E-state index contributed by atoms with van der Waals surface area (Å²) in [7, 11) is 1.36. The second-order valence-electron chi connectivity index (χ2n) is 4.62. The fourth-order valence-corrected chi connectivity index (χ4v) is 2.25. The Morgan fingerprint density at radius 2 is 2.10 bits per heavy atom. The highest BCUT2D eigenvalue weighted by Crippen LogP contribution is 2.19. The molecule has 20 heavy (non-hydrogen) atoms. The fourth-order valence-electron chi connectivity index (χ4n) is 2.25. The number of carbonyl (C=O) groups is 1. The molecule has 7 heteroatoms. The molecule has 2 N–H and O–H groups in total. The van der Waals surface area contributed by atoms with E-state index in [1.165, 1.54) is 13.2 Å². The van der Waals surface area contributed by atoms with Crippen LogP contribution in [0.5, 0.6) is 0 Å². The van der Waals surface area contributed by atoms with Crippen LogP contribution in [0.3, 0.4) is 0 Å². The molecule has 1 amide bonds. The maximum Gasteiger partial charge on any atom is 0.409 e. The van der Waals surface area contributed by atoms with Gasteiger partial charge in [-0.3, -0.25) is 15.6 Å². The standard InChI is InChI=1S/C13H18FN3O3/c1-20-13(18)17-7-5-16(6-8-17)9-10-3-2-4-11(15-19)12(10)14/h2-4,15,19H,5-9H2,1H3. The van der Waals surface area contributed by atoms with Crippen LogP contribution in [0.25, 0.3) is 0 Å². The maximum absolute atomic E-state index is 14.0. The van der Waals surface area contributed by atoms with E-state index in [9.17, 15) is 9.18 Å². The first kappa shape index (κ1) is 14.5. The molecule has 0 aliphatic carbocycles. The minimum absolute atomic E-state index is 0.0655. The number of carbonyl (C=O) groups excluding carboxylic acids is 1. The Morgan fingerprint density at radius 3 is 2.70 bits per heavy atom. The lowest BCUT2D eigenvalue weighted by Gasteiger charge is -2.33. The minimum Gasteiger partial charge on any atom is -0.453 e. The van der Waals surface area contributed by atoms with Crippen LogP contribution in [-0.4, -0.2) is 54.4 Å². The van der Waals surface area contributed by atoms with Gasteiger partial charge in [-0.2, -0.15) is 0 Å². The van der Waals surface area contributed by atoms with Crippen molar-refractivity contribution in [3.8, 4) is 0 Å². The van der Waals surface area contributed by atoms with Gasteiger partial charge < -0.3 is 9.64 Å². The average Bonchev–Trinajstić information content (AvgIpc) is 2.49. The highest BCUT2D eigenvalue weighted by molar-refractivity contribution is 5.67. The number of nitrogens with one attached hydrogen (secondary N) is 1. The molecular formula is C13H18FN3O3. The van der Waals surface area contributed by atoms with E-state index >= 15 is 0 Å². The molecule has 0 radical (unpaired) electrons. The van der Waals surface area contributed by atoms with Crippen molar-refractivity contribution in [1.82, 2.24) is 9.80 Å². The van der Waals surface area contributed by atoms with E-state index in [2.05, 4.69) is 9.64 Å². The molecular weight excluding hydrogens is 265 g/mol. The number of hydrogen-bond donors (Lipinski definition) is 2. The summed E-state index contributed by atoms with van der Waals surface area (Å²) in [6.07, 6.45) is -0.331.